The van der Waals surface area contributed by atoms with E-state index in [2.05, 4.69) is 287 Å². The van der Waals surface area contributed by atoms with E-state index in [0.29, 0.717) is 0 Å². The molecule has 0 aliphatic rings. The Morgan fingerprint density at radius 3 is 1.01 bits per heavy atom. The molecule has 0 bridgehead atoms. The van der Waals surface area contributed by atoms with Crippen LogP contribution in [0.2, 0.25) is 0 Å². The fourth-order valence-electron chi connectivity index (χ4n) is 10.4. The highest BCUT2D eigenvalue weighted by Crippen LogP contribution is 2.42. The summed E-state index contributed by atoms with van der Waals surface area (Å²) < 4.78 is 4.75. The lowest BCUT2D eigenvalue weighted by Crippen LogP contribution is -2.10. The van der Waals surface area contributed by atoms with Crippen molar-refractivity contribution >= 4 is 60.7 Å². The zero-order valence-corrected chi connectivity index (χ0v) is 37.8. The lowest BCUT2D eigenvalue weighted by molar-refractivity contribution is 1.18. The van der Waals surface area contributed by atoms with E-state index in [0.717, 1.165) is 34.0 Å². The summed E-state index contributed by atoms with van der Waals surface area (Å²) in [6.07, 6.45) is 0. The predicted molar refractivity (Wildman–Crippen MR) is 292 cm³/mol. The van der Waals surface area contributed by atoms with Crippen molar-refractivity contribution in [1.29, 1.82) is 0 Å². The quantitative estimate of drug-likeness (QED) is 0.141. The Morgan fingerprint density at radius 1 is 0.203 bits per heavy atom. The molecule has 0 spiro atoms. The van der Waals surface area contributed by atoms with Gasteiger partial charge in [-0.3, -0.25) is 0 Å². The fraction of sp³-hybridized carbons (Fsp3) is 0. The van der Waals surface area contributed by atoms with Crippen LogP contribution in [0.5, 0.6) is 0 Å². The second-order valence-electron chi connectivity index (χ2n) is 17.8. The van der Waals surface area contributed by atoms with Crippen LogP contribution >= 0.6 is 0 Å². The molecule has 0 radical (unpaired) electrons. The first-order valence-electron chi connectivity index (χ1n) is 23.7. The van der Waals surface area contributed by atoms with E-state index in [1.54, 1.807) is 0 Å². The summed E-state index contributed by atoms with van der Waals surface area (Å²) in [4.78, 5) is 2.40. The van der Waals surface area contributed by atoms with Gasteiger partial charge in [-0.15, -0.1) is 0 Å². The van der Waals surface area contributed by atoms with Crippen LogP contribution in [0.25, 0.3) is 99.5 Å². The number of anilines is 3. The summed E-state index contributed by atoms with van der Waals surface area (Å²) in [6.45, 7) is 0. The van der Waals surface area contributed by atoms with Gasteiger partial charge < -0.3 is 14.0 Å². The highest BCUT2D eigenvalue weighted by Gasteiger charge is 2.19. The van der Waals surface area contributed by atoms with Crippen molar-refractivity contribution in [2.75, 3.05) is 4.90 Å². The molecule has 0 saturated heterocycles. The molecule has 3 heteroatoms. The maximum atomic E-state index is 2.40. The average Bonchev–Trinajstić information content (AvgIpc) is 3.94. The van der Waals surface area contributed by atoms with Gasteiger partial charge in [0.25, 0.3) is 0 Å². The standard InChI is InChI=1S/C66H45N3/c1-5-17-46(18-6-1)51-41-52(47-19-7-2-8-20-47)43-53(42-51)49-31-36-57(37-32-49)67(58-38-40-66-62(45-58)60-26-14-16-28-64(60)69(66)55-23-11-4-12-24-55)56-34-29-48(30-35-56)50-33-39-65-61(44-50)59-25-13-15-27-63(59)68(65)54-21-9-3-10-22-54/h1-45H. The van der Waals surface area contributed by atoms with Gasteiger partial charge in [-0.2, -0.15) is 0 Å². The molecule has 13 rings (SSSR count). The molecule has 0 amide bonds. The first-order valence-corrected chi connectivity index (χ1v) is 23.7. The molecule has 3 nitrogen and oxygen atoms in total. The summed E-state index contributed by atoms with van der Waals surface area (Å²) in [5.74, 6) is 0. The van der Waals surface area contributed by atoms with Gasteiger partial charge in [-0.1, -0.05) is 164 Å². The van der Waals surface area contributed by atoms with Crippen molar-refractivity contribution < 1.29 is 0 Å². The Hall–Kier alpha value is -9.18. The van der Waals surface area contributed by atoms with Crippen molar-refractivity contribution in [2.24, 2.45) is 0 Å². The van der Waals surface area contributed by atoms with E-state index >= 15 is 0 Å². The molecule has 324 valence electrons. The van der Waals surface area contributed by atoms with Crippen molar-refractivity contribution in [3.63, 3.8) is 0 Å². The number of fused-ring (bicyclic) bond motifs is 6. The van der Waals surface area contributed by atoms with Gasteiger partial charge >= 0.3 is 0 Å². The lowest BCUT2D eigenvalue weighted by Gasteiger charge is -2.26. The minimum absolute atomic E-state index is 1.08. The third-order valence-electron chi connectivity index (χ3n) is 13.7. The molecule has 0 fully saturated rings. The second kappa shape index (κ2) is 16.9. The normalized spacial score (nSPS) is 11.5. The Balaban J connectivity index is 0.934. The van der Waals surface area contributed by atoms with E-state index in [4.69, 9.17) is 0 Å². The summed E-state index contributed by atoms with van der Waals surface area (Å²) in [7, 11) is 0. The molecule has 0 atom stereocenters. The number of hydrogen-bond acceptors (Lipinski definition) is 1. The first kappa shape index (κ1) is 40.1. The third-order valence-corrected chi connectivity index (χ3v) is 13.7. The number of aromatic nitrogens is 2. The van der Waals surface area contributed by atoms with Gasteiger partial charge in [0.2, 0.25) is 0 Å². The van der Waals surface area contributed by atoms with Crippen molar-refractivity contribution in [3.05, 3.63) is 273 Å². The predicted octanol–water partition coefficient (Wildman–Crippen LogP) is 18.0. The number of rotatable bonds is 9. The number of benzene rings is 11. The molecule has 2 heterocycles. The molecule has 69 heavy (non-hydrogen) atoms. The fourth-order valence-corrected chi connectivity index (χ4v) is 10.4. The number of nitrogens with zero attached hydrogens (tertiary/aromatic N) is 3. The zero-order chi connectivity index (χ0) is 45.7. The SMILES string of the molecule is c1ccc(-c2cc(-c3ccccc3)cc(-c3ccc(N(c4ccc(-c5ccc6c(c5)c5ccccc5n6-c5ccccc5)cc4)c4ccc5c(c4)c4ccccc4n5-c4ccccc4)cc3)c2)cc1. The van der Waals surface area contributed by atoms with Gasteiger partial charge in [-0.25, -0.2) is 0 Å². The van der Waals surface area contributed by atoms with Crippen molar-refractivity contribution in [2.45, 2.75) is 0 Å². The van der Waals surface area contributed by atoms with E-state index < -0.39 is 0 Å². The topological polar surface area (TPSA) is 13.1 Å². The minimum Gasteiger partial charge on any atom is -0.310 e. The molecule has 0 aliphatic heterocycles. The molecular formula is C66H45N3. The number of para-hydroxylation sites is 4. The molecule has 0 saturated carbocycles. The van der Waals surface area contributed by atoms with E-state index in [9.17, 15) is 0 Å². The molecule has 2 aromatic heterocycles. The highest BCUT2D eigenvalue weighted by molar-refractivity contribution is 6.12. The van der Waals surface area contributed by atoms with E-state index in [1.807, 2.05) is 0 Å². The molecule has 13 aromatic rings. The molecule has 0 aliphatic carbocycles. The van der Waals surface area contributed by atoms with Gasteiger partial charge in [-0.05, 0) is 154 Å². The van der Waals surface area contributed by atoms with Crippen LogP contribution in [0, 0.1) is 0 Å². The average molecular weight is 880 g/mol. The number of hydrogen-bond donors (Lipinski definition) is 0. The van der Waals surface area contributed by atoms with Crippen LogP contribution in [0.15, 0.2) is 273 Å². The summed E-state index contributed by atoms with van der Waals surface area (Å²) >= 11 is 0. The Bertz CT molecular complexity index is 3910. The Morgan fingerprint density at radius 2 is 0.536 bits per heavy atom. The van der Waals surface area contributed by atoms with Crippen LogP contribution in [0.4, 0.5) is 17.1 Å². The van der Waals surface area contributed by atoms with Crippen LogP contribution in [0.1, 0.15) is 0 Å². The van der Waals surface area contributed by atoms with Crippen molar-refractivity contribution in [3.8, 4) is 55.9 Å². The van der Waals surface area contributed by atoms with Gasteiger partial charge in [0.15, 0.2) is 0 Å². The maximum Gasteiger partial charge on any atom is 0.0542 e. The maximum absolute atomic E-state index is 2.40. The van der Waals surface area contributed by atoms with Crippen LogP contribution in [0.3, 0.4) is 0 Å². The van der Waals surface area contributed by atoms with E-state index in [-0.39, 0.29) is 0 Å². The van der Waals surface area contributed by atoms with Gasteiger partial charge in [0.05, 0.1) is 22.1 Å². The third kappa shape index (κ3) is 7.16. The Labute approximate surface area is 401 Å². The van der Waals surface area contributed by atoms with Crippen molar-refractivity contribution in [1.82, 2.24) is 9.13 Å². The summed E-state index contributed by atoms with van der Waals surface area (Å²) in [5.41, 5.74) is 19.8. The summed E-state index contributed by atoms with van der Waals surface area (Å²) in [6, 6.07) is 99.1. The highest BCUT2D eigenvalue weighted by atomic mass is 15.1. The van der Waals surface area contributed by atoms with Crippen LogP contribution in [-0.4, -0.2) is 9.13 Å². The van der Waals surface area contributed by atoms with Gasteiger partial charge in [0.1, 0.15) is 0 Å². The largest absolute Gasteiger partial charge is 0.310 e. The summed E-state index contributed by atoms with van der Waals surface area (Å²) in [5, 5.41) is 4.92. The minimum atomic E-state index is 1.08. The van der Waals surface area contributed by atoms with E-state index in [1.165, 1.54) is 82.6 Å². The Kier molecular flexibility index (Phi) is 9.84. The molecule has 0 N–H and O–H groups in total. The molecule has 0 unspecified atom stereocenters. The first-order chi connectivity index (χ1) is 34.2. The smallest absolute Gasteiger partial charge is 0.0542 e. The van der Waals surface area contributed by atoms with Crippen LogP contribution in [-0.2, 0) is 0 Å². The molecular weight excluding hydrogens is 835 g/mol. The molecule has 11 aromatic carbocycles. The van der Waals surface area contributed by atoms with Crippen LogP contribution < -0.4 is 4.90 Å². The van der Waals surface area contributed by atoms with Gasteiger partial charge in [0, 0.05) is 50.0 Å². The second-order valence-corrected chi connectivity index (χ2v) is 17.8. The lowest BCUT2D eigenvalue weighted by atomic mass is 9.93. The zero-order valence-electron chi connectivity index (χ0n) is 37.8. The monoisotopic (exact) mass is 879 g/mol.